The molecular formula is C16H24O2. The van der Waals surface area contributed by atoms with Crippen LogP contribution in [0, 0.1) is 0 Å². The first-order chi connectivity index (χ1) is 8.76. The fourth-order valence-corrected chi connectivity index (χ4v) is 2.19. The van der Waals surface area contributed by atoms with E-state index in [1.165, 1.54) is 5.57 Å². The molecule has 0 aromatic rings. The Labute approximate surface area is 111 Å². The lowest BCUT2D eigenvalue weighted by atomic mass is 9.89. The number of allylic oxidation sites excluding steroid dienone is 5. The van der Waals surface area contributed by atoms with E-state index < -0.39 is 0 Å². The molecule has 1 saturated carbocycles. The third-order valence-electron chi connectivity index (χ3n) is 3.21. The van der Waals surface area contributed by atoms with Gasteiger partial charge in [-0.05, 0) is 19.3 Å². The highest BCUT2D eigenvalue weighted by Gasteiger charge is 2.38. The molecule has 0 bridgehead atoms. The Morgan fingerprint density at radius 1 is 1.00 bits per heavy atom. The van der Waals surface area contributed by atoms with Crippen LogP contribution >= 0.6 is 0 Å². The van der Waals surface area contributed by atoms with Crippen molar-refractivity contribution in [3.8, 4) is 0 Å². The Kier molecular flexibility index (Phi) is 6.69. The molecule has 0 aromatic carbocycles. The molecule has 2 aliphatic rings. The van der Waals surface area contributed by atoms with Crippen LogP contribution in [-0.2, 0) is 9.47 Å². The van der Waals surface area contributed by atoms with Crippen molar-refractivity contribution in [2.45, 2.75) is 37.9 Å². The second-order valence-electron chi connectivity index (χ2n) is 4.47. The van der Waals surface area contributed by atoms with Gasteiger partial charge in [-0.1, -0.05) is 43.0 Å². The minimum absolute atomic E-state index is 0.217. The Hall–Kier alpha value is -1.12. The molecule has 1 aliphatic heterocycles. The molecule has 0 N–H and O–H groups in total. The highest BCUT2D eigenvalue weighted by molar-refractivity contribution is 5.09. The van der Waals surface area contributed by atoms with Gasteiger partial charge in [-0.15, -0.1) is 6.58 Å². The predicted molar refractivity (Wildman–Crippen MR) is 76.4 cm³/mol. The maximum Gasteiger partial charge on any atom is 0.169 e. The van der Waals surface area contributed by atoms with Crippen LogP contribution < -0.4 is 0 Å². The van der Waals surface area contributed by atoms with E-state index in [1.54, 1.807) is 12.2 Å². The predicted octanol–water partition coefficient (Wildman–Crippen LogP) is 4.16. The van der Waals surface area contributed by atoms with Gasteiger partial charge in [0.2, 0.25) is 0 Å². The van der Waals surface area contributed by atoms with Crippen LogP contribution in [-0.4, -0.2) is 19.0 Å². The van der Waals surface area contributed by atoms with Crippen LogP contribution in [0.1, 0.15) is 32.1 Å². The van der Waals surface area contributed by atoms with Gasteiger partial charge in [0.25, 0.3) is 0 Å². The van der Waals surface area contributed by atoms with Gasteiger partial charge in [0, 0.05) is 12.8 Å². The van der Waals surface area contributed by atoms with Gasteiger partial charge in [0.05, 0.1) is 13.2 Å². The van der Waals surface area contributed by atoms with Crippen LogP contribution in [0.15, 0.2) is 49.6 Å². The second kappa shape index (κ2) is 8.06. The maximum atomic E-state index is 5.66. The van der Waals surface area contributed by atoms with Gasteiger partial charge in [-0.3, -0.25) is 0 Å². The van der Waals surface area contributed by atoms with E-state index in [1.807, 2.05) is 6.08 Å². The lowest BCUT2D eigenvalue weighted by molar-refractivity contribution is -0.171. The molecule has 0 amide bonds. The lowest BCUT2D eigenvalue weighted by Crippen LogP contribution is -2.33. The van der Waals surface area contributed by atoms with Crippen molar-refractivity contribution >= 4 is 0 Å². The standard InChI is InChI=1S/C12H18O2.C4H6/c1-2-3-4-11-5-7-12(8-6-11)13-9-10-14-12;1-3-4-2/h2,4H,1,3,5-10H2;3-4H,1-2H2. The largest absolute Gasteiger partial charge is 0.348 e. The zero-order chi connectivity index (χ0) is 13.3. The average Bonchev–Trinajstić information content (AvgIpc) is 2.87. The van der Waals surface area contributed by atoms with Gasteiger partial charge < -0.3 is 9.47 Å². The molecule has 100 valence electrons. The van der Waals surface area contributed by atoms with Crippen molar-refractivity contribution in [2.75, 3.05) is 13.2 Å². The first-order valence-corrected chi connectivity index (χ1v) is 6.56. The first kappa shape index (κ1) is 14.9. The van der Waals surface area contributed by atoms with Gasteiger partial charge in [0.1, 0.15) is 0 Å². The van der Waals surface area contributed by atoms with E-state index in [4.69, 9.17) is 9.47 Å². The molecule has 0 radical (unpaired) electrons. The molecule has 1 spiro atoms. The summed E-state index contributed by atoms with van der Waals surface area (Å²) in [6, 6.07) is 0. The van der Waals surface area contributed by atoms with Crippen molar-refractivity contribution in [1.29, 1.82) is 0 Å². The maximum absolute atomic E-state index is 5.66. The minimum atomic E-state index is -0.217. The highest BCUT2D eigenvalue weighted by atomic mass is 16.7. The molecule has 2 rings (SSSR count). The molecule has 1 heterocycles. The SMILES string of the molecule is C=CC=C.C=CCC=C1CCC2(CC1)OCCO2. The summed E-state index contributed by atoms with van der Waals surface area (Å²) in [5, 5.41) is 0. The smallest absolute Gasteiger partial charge is 0.169 e. The first-order valence-electron chi connectivity index (χ1n) is 6.56. The van der Waals surface area contributed by atoms with E-state index in [0.29, 0.717) is 0 Å². The van der Waals surface area contributed by atoms with Crippen LogP contribution in [0.25, 0.3) is 0 Å². The summed E-state index contributed by atoms with van der Waals surface area (Å²) < 4.78 is 11.3. The quantitative estimate of drug-likeness (QED) is 0.551. The summed E-state index contributed by atoms with van der Waals surface area (Å²) >= 11 is 0. The fourth-order valence-electron chi connectivity index (χ4n) is 2.19. The molecular weight excluding hydrogens is 224 g/mol. The Bertz CT molecular complexity index is 291. The van der Waals surface area contributed by atoms with Crippen LogP contribution in [0.5, 0.6) is 0 Å². The average molecular weight is 248 g/mol. The number of hydrogen-bond donors (Lipinski definition) is 0. The van der Waals surface area contributed by atoms with E-state index in [0.717, 1.165) is 45.3 Å². The lowest BCUT2D eigenvalue weighted by Gasteiger charge is -2.32. The topological polar surface area (TPSA) is 18.5 Å². The molecule has 0 unspecified atom stereocenters. The Morgan fingerprint density at radius 2 is 1.56 bits per heavy atom. The number of ether oxygens (including phenoxy) is 2. The molecule has 1 saturated heterocycles. The van der Waals surface area contributed by atoms with Crippen LogP contribution in [0.2, 0.25) is 0 Å². The Balaban J connectivity index is 0.000000357. The molecule has 0 aromatic heterocycles. The summed E-state index contributed by atoms with van der Waals surface area (Å²) in [5.74, 6) is -0.217. The molecule has 1 aliphatic carbocycles. The number of rotatable bonds is 3. The second-order valence-corrected chi connectivity index (χ2v) is 4.47. The van der Waals surface area contributed by atoms with E-state index in [2.05, 4.69) is 25.8 Å². The third kappa shape index (κ3) is 4.63. The van der Waals surface area contributed by atoms with E-state index in [-0.39, 0.29) is 5.79 Å². The van der Waals surface area contributed by atoms with Gasteiger partial charge in [-0.2, -0.15) is 0 Å². The van der Waals surface area contributed by atoms with Gasteiger partial charge in [0.15, 0.2) is 5.79 Å². The summed E-state index contributed by atoms with van der Waals surface area (Å²) in [6.07, 6.45) is 12.8. The summed E-state index contributed by atoms with van der Waals surface area (Å²) in [4.78, 5) is 0. The minimum Gasteiger partial charge on any atom is -0.348 e. The van der Waals surface area contributed by atoms with Crippen molar-refractivity contribution in [2.24, 2.45) is 0 Å². The van der Waals surface area contributed by atoms with Crippen molar-refractivity contribution < 1.29 is 9.47 Å². The van der Waals surface area contributed by atoms with E-state index >= 15 is 0 Å². The zero-order valence-corrected chi connectivity index (χ0v) is 11.2. The monoisotopic (exact) mass is 248 g/mol. The zero-order valence-electron chi connectivity index (χ0n) is 11.2. The molecule has 0 atom stereocenters. The van der Waals surface area contributed by atoms with Crippen molar-refractivity contribution in [3.63, 3.8) is 0 Å². The Morgan fingerprint density at radius 3 is 2.00 bits per heavy atom. The molecule has 18 heavy (non-hydrogen) atoms. The molecule has 2 fully saturated rings. The summed E-state index contributed by atoms with van der Waals surface area (Å²) in [6.45, 7) is 12.0. The molecule has 2 heteroatoms. The van der Waals surface area contributed by atoms with E-state index in [9.17, 15) is 0 Å². The highest BCUT2D eigenvalue weighted by Crippen LogP contribution is 2.37. The fraction of sp³-hybridized carbons (Fsp3) is 0.500. The normalized spacial score (nSPS) is 20.8. The van der Waals surface area contributed by atoms with Crippen LogP contribution in [0.3, 0.4) is 0 Å². The number of hydrogen-bond acceptors (Lipinski definition) is 2. The summed E-state index contributed by atoms with van der Waals surface area (Å²) in [5.41, 5.74) is 1.54. The summed E-state index contributed by atoms with van der Waals surface area (Å²) in [7, 11) is 0. The molecule has 2 nitrogen and oxygen atoms in total. The van der Waals surface area contributed by atoms with Crippen molar-refractivity contribution in [1.82, 2.24) is 0 Å². The van der Waals surface area contributed by atoms with Gasteiger partial charge >= 0.3 is 0 Å². The van der Waals surface area contributed by atoms with Gasteiger partial charge in [-0.25, -0.2) is 0 Å². The third-order valence-corrected chi connectivity index (χ3v) is 3.21. The van der Waals surface area contributed by atoms with Crippen LogP contribution in [0.4, 0.5) is 0 Å². The van der Waals surface area contributed by atoms with Crippen molar-refractivity contribution in [3.05, 3.63) is 49.6 Å².